The van der Waals surface area contributed by atoms with E-state index in [9.17, 15) is 18.0 Å². The first kappa shape index (κ1) is 20.6. The Labute approximate surface area is 175 Å². The number of anilines is 1. The van der Waals surface area contributed by atoms with Crippen molar-refractivity contribution >= 4 is 22.6 Å². The molecule has 1 N–H and O–H groups in total. The van der Waals surface area contributed by atoms with Crippen molar-refractivity contribution in [3.8, 4) is 5.69 Å². The van der Waals surface area contributed by atoms with Crippen LogP contribution in [0.15, 0.2) is 48.9 Å². The van der Waals surface area contributed by atoms with Crippen LogP contribution in [-0.2, 0) is 6.18 Å². The highest BCUT2D eigenvalue weighted by molar-refractivity contribution is 6.05. The number of fused-ring (bicyclic) bond motifs is 1. The molecule has 10 heteroatoms. The second-order valence-electron chi connectivity index (χ2n) is 7.38. The molecule has 0 aliphatic carbocycles. The molecule has 0 saturated carbocycles. The Balaban J connectivity index is 1.59. The molecule has 0 spiro atoms. The van der Waals surface area contributed by atoms with E-state index in [0.717, 1.165) is 17.5 Å². The van der Waals surface area contributed by atoms with Crippen LogP contribution in [0.2, 0.25) is 0 Å². The van der Waals surface area contributed by atoms with Gasteiger partial charge in [-0.1, -0.05) is 6.07 Å². The van der Waals surface area contributed by atoms with Crippen molar-refractivity contribution in [2.75, 3.05) is 5.32 Å². The van der Waals surface area contributed by atoms with Gasteiger partial charge in [0, 0.05) is 11.4 Å². The van der Waals surface area contributed by atoms with Crippen LogP contribution in [0.1, 0.15) is 41.5 Å². The molecule has 3 heterocycles. The first-order valence-electron chi connectivity index (χ1n) is 9.52. The van der Waals surface area contributed by atoms with E-state index in [1.165, 1.54) is 29.2 Å². The second-order valence-corrected chi connectivity index (χ2v) is 7.38. The molecular formula is C21H19F3N6O. The van der Waals surface area contributed by atoms with E-state index >= 15 is 0 Å². The van der Waals surface area contributed by atoms with E-state index in [4.69, 9.17) is 0 Å². The fraction of sp³-hybridized carbons (Fsp3) is 0.238. The van der Waals surface area contributed by atoms with Gasteiger partial charge in [-0.25, -0.2) is 14.3 Å². The van der Waals surface area contributed by atoms with Gasteiger partial charge in [0.1, 0.15) is 0 Å². The van der Waals surface area contributed by atoms with Crippen LogP contribution < -0.4 is 5.32 Å². The summed E-state index contributed by atoms with van der Waals surface area (Å²) in [4.78, 5) is 17.1. The number of alkyl halides is 3. The van der Waals surface area contributed by atoms with Gasteiger partial charge in [0.2, 0.25) is 0 Å². The van der Waals surface area contributed by atoms with Gasteiger partial charge in [-0.2, -0.15) is 23.4 Å². The van der Waals surface area contributed by atoms with Gasteiger partial charge >= 0.3 is 6.18 Å². The summed E-state index contributed by atoms with van der Waals surface area (Å²) in [5, 5.41) is 11.9. The van der Waals surface area contributed by atoms with Crippen molar-refractivity contribution in [1.82, 2.24) is 24.5 Å². The second kappa shape index (κ2) is 7.53. The van der Waals surface area contributed by atoms with Gasteiger partial charge in [0.15, 0.2) is 5.65 Å². The quantitative estimate of drug-likeness (QED) is 0.508. The summed E-state index contributed by atoms with van der Waals surface area (Å²) in [5.41, 5.74) is 1.28. The van der Waals surface area contributed by atoms with Crippen molar-refractivity contribution in [3.63, 3.8) is 0 Å². The van der Waals surface area contributed by atoms with Gasteiger partial charge in [-0.3, -0.25) is 4.79 Å². The van der Waals surface area contributed by atoms with Crippen molar-refractivity contribution in [2.24, 2.45) is 0 Å². The maximum atomic E-state index is 13.0. The molecule has 31 heavy (non-hydrogen) atoms. The maximum Gasteiger partial charge on any atom is 0.416 e. The van der Waals surface area contributed by atoms with Crippen molar-refractivity contribution in [3.05, 3.63) is 65.7 Å². The van der Waals surface area contributed by atoms with E-state index < -0.39 is 17.6 Å². The first-order valence-corrected chi connectivity index (χ1v) is 9.52. The fourth-order valence-corrected chi connectivity index (χ4v) is 3.29. The molecule has 4 rings (SSSR count). The molecule has 4 aromatic rings. The van der Waals surface area contributed by atoms with Crippen LogP contribution in [0.3, 0.4) is 0 Å². The Morgan fingerprint density at radius 3 is 2.58 bits per heavy atom. The molecule has 0 bridgehead atoms. The molecule has 1 aromatic carbocycles. The molecule has 3 aromatic heterocycles. The average Bonchev–Trinajstić information content (AvgIpc) is 3.30. The normalized spacial score (nSPS) is 12.0. The molecule has 0 atom stereocenters. The van der Waals surface area contributed by atoms with Gasteiger partial charge in [0.05, 0.1) is 46.8 Å². The predicted molar refractivity (Wildman–Crippen MR) is 109 cm³/mol. The minimum Gasteiger partial charge on any atom is -0.320 e. The lowest BCUT2D eigenvalue weighted by Crippen LogP contribution is -2.13. The van der Waals surface area contributed by atoms with E-state index in [1.807, 2.05) is 13.8 Å². The monoisotopic (exact) mass is 428 g/mol. The fourth-order valence-electron chi connectivity index (χ4n) is 3.29. The number of carbonyl (C=O) groups is 1. The van der Waals surface area contributed by atoms with Gasteiger partial charge in [0.25, 0.3) is 5.91 Å². The van der Waals surface area contributed by atoms with E-state index in [0.29, 0.717) is 17.0 Å². The maximum absolute atomic E-state index is 13.0. The Kier molecular flexibility index (Phi) is 5.00. The highest BCUT2D eigenvalue weighted by atomic mass is 19.4. The van der Waals surface area contributed by atoms with Gasteiger partial charge < -0.3 is 5.32 Å². The lowest BCUT2D eigenvalue weighted by Gasteiger charge is -2.10. The minimum atomic E-state index is -4.47. The molecule has 0 fully saturated rings. The molecule has 0 aliphatic heterocycles. The average molecular weight is 428 g/mol. The molecule has 0 radical (unpaired) electrons. The van der Waals surface area contributed by atoms with Crippen molar-refractivity contribution in [1.29, 1.82) is 0 Å². The highest BCUT2D eigenvalue weighted by Crippen LogP contribution is 2.30. The number of amides is 1. The summed E-state index contributed by atoms with van der Waals surface area (Å²) in [6.45, 7) is 5.61. The van der Waals surface area contributed by atoms with Crippen LogP contribution >= 0.6 is 0 Å². The number of hydrogen-bond acceptors (Lipinski definition) is 4. The zero-order chi connectivity index (χ0) is 22.3. The lowest BCUT2D eigenvalue weighted by atomic mass is 10.2. The Morgan fingerprint density at radius 2 is 1.87 bits per heavy atom. The number of aromatic nitrogens is 5. The molecule has 0 saturated heterocycles. The number of carbonyl (C=O) groups excluding carboxylic acids is 1. The zero-order valence-corrected chi connectivity index (χ0v) is 17.0. The summed E-state index contributed by atoms with van der Waals surface area (Å²) in [6.07, 6.45) is 0.0717. The molecule has 160 valence electrons. The predicted octanol–water partition coefficient (Wildman–Crippen LogP) is 4.78. The zero-order valence-electron chi connectivity index (χ0n) is 17.0. The standard InChI is InChI=1S/C21H19F3N6O/c1-12(2)29-19-14(9-26-29)7-16(10-25-19)28-20(31)18-11-27-30(13(18)3)17-6-4-5-15(8-17)21(22,23)24/h4-12H,1-3H3,(H,28,31). The smallest absolute Gasteiger partial charge is 0.320 e. The molecule has 1 amide bonds. The van der Waals surface area contributed by atoms with Gasteiger partial charge in [-0.15, -0.1) is 0 Å². The van der Waals surface area contributed by atoms with Crippen LogP contribution in [-0.4, -0.2) is 30.5 Å². The summed E-state index contributed by atoms with van der Waals surface area (Å²) < 4.78 is 42.1. The first-order chi connectivity index (χ1) is 14.6. The molecule has 7 nitrogen and oxygen atoms in total. The Bertz CT molecular complexity index is 1270. The van der Waals surface area contributed by atoms with E-state index in [2.05, 4.69) is 20.5 Å². The minimum absolute atomic E-state index is 0.148. The number of halogens is 3. The van der Waals surface area contributed by atoms with Crippen molar-refractivity contribution < 1.29 is 18.0 Å². The third-order valence-electron chi connectivity index (χ3n) is 4.85. The number of rotatable bonds is 4. The third kappa shape index (κ3) is 3.88. The molecular weight excluding hydrogens is 409 g/mol. The van der Waals surface area contributed by atoms with Crippen LogP contribution in [0, 0.1) is 6.92 Å². The lowest BCUT2D eigenvalue weighted by molar-refractivity contribution is -0.137. The SMILES string of the molecule is Cc1c(C(=O)Nc2cnc3c(cnn3C(C)C)c2)cnn1-c1cccc(C(F)(F)F)c1. The number of nitrogens with zero attached hydrogens (tertiary/aromatic N) is 5. The summed E-state index contributed by atoms with van der Waals surface area (Å²) in [5.74, 6) is -0.437. The summed E-state index contributed by atoms with van der Waals surface area (Å²) >= 11 is 0. The third-order valence-corrected chi connectivity index (χ3v) is 4.85. The van der Waals surface area contributed by atoms with E-state index in [-0.39, 0.29) is 17.3 Å². The number of hydrogen-bond donors (Lipinski definition) is 1. The highest BCUT2D eigenvalue weighted by Gasteiger charge is 2.30. The Morgan fingerprint density at radius 1 is 1.10 bits per heavy atom. The molecule has 0 aliphatic rings. The number of benzene rings is 1. The van der Waals surface area contributed by atoms with E-state index in [1.54, 1.807) is 23.9 Å². The van der Waals surface area contributed by atoms with Crippen LogP contribution in [0.25, 0.3) is 16.7 Å². The molecule has 0 unspecified atom stereocenters. The van der Waals surface area contributed by atoms with Crippen LogP contribution in [0.4, 0.5) is 18.9 Å². The number of pyridine rings is 1. The van der Waals surface area contributed by atoms with Gasteiger partial charge in [-0.05, 0) is 45.0 Å². The largest absolute Gasteiger partial charge is 0.416 e. The van der Waals surface area contributed by atoms with Crippen molar-refractivity contribution in [2.45, 2.75) is 33.0 Å². The summed E-state index contributed by atoms with van der Waals surface area (Å²) in [7, 11) is 0. The number of nitrogens with one attached hydrogen (secondary N) is 1. The Hall–Kier alpha value is -3.69. The topological polar surface area (TPSA) is 77.6 Å². The summed E-state index contributed by atoms with van der Waals surface area (Å²) in [6, 6.07) is 6.69. The van der Waals surface area contributed by atoms with Crippen LogP contribution in [0.5, 0.6) is 0 Å².